The van der Waals surface area contributed by atoms with E-state index in [9.17, 15) is 13.2 Å². The van der Waals surface area contributed by atoms with Crippen molar-refractivity contribution in [3.63, 3.8) is 0 Å². The molecule has 2 rings (SSSR count). The molecule has 0 atom stereocenters. The highest BCUT2D eigenvalue weighted by molar-refractivity contribution is 5.53. The highest BCUT2D eigenvalue weighted by Gasteiger charge is 2.33. The number of nitriles is 1. The van der Waals surface area contributed by atoms with Crippen molar-refractivity contribution in [2.45, 2.75) is 25.4 Å². The van der Waals surface area contributed by atoms with Gasteiger partial charge in [0.25, 0.3) is 0 Å². The zero-order valence-corrected chi connectivity index (χ0v) is 11.5. The molecule has 0 radical (unpaired) electrons. The number of halogens is 3. The number of nitrogens with zero attached hydrogens (tertiary/aromatic N) is 1. The molecule has 0 heterocycles. The maximum Gasteiger partial charge on any atom is 0.417 e. The second kappa shape index (κ2) is 6.81. The molecule has 1 aliphatic rings. The summed E-state index contributed by atoms with van der Waals surface area (Å²) in [6, 6.07) is 5.21. The maximum absolute atomic E-state index is 12.8. The Morgan fingerprint density at radius 2 is 2.10 bits per heavy atom. The van der Waals surface area contributed by atoms with Crippen molar-refractivity contribution in [3.8, 4) is 6.07 Å². The fourth-order valence-corrected chi connectivity index (χ4v) is 1.93. The summed E-state index contributed by atoms with van der Waals surface area (Å²) in [4.78, 5) is 0. The van der Waals surface area contributed by atoms with Gasteiger partial charge in [0.15, 0.2) is 0 Å². The standard InChI is InChI=1S/C15H17F3N2O/c16-15(17,18)14-8-13(5-4-12(14)9-19)20-6-1-7-21-10-11-2-3-11/h4-5,8,11,20H,1-3,6-7,10H2. The Morgan fingerprint density at radius 3 is 2.71 bits per heavy atom. The van der Waals surface area contributed by atoms with Crippen molar-refractivity contribution in [1.29, 1.82) is 5.26 Å². The van der Waals surface area contributed by atoms with E-state index in [1.807, 2.05) is 0 Å². The Morgan fingerprint density at radius 1 is 1.33 bits per heavy atom. The predicted octanol–water partition coefficient (Wildman–Crippen LogP) is 3.81. The maximum atomic E-state index is 12.8. The zero-order chi connectivity index (χ0) is 15.3. The molecule has 1 aliphatic carbocycles. The van der Waals surface area contributed by atoms with Gasteiger partial charge in [0, 0.05) is 25.4 Å². The van der Waals surface area contributed by atoms with Crippen molar-refractivity contribution in [2.24, 2.45) is 5.92 Å². The topological polar surface area (TPSA) is 45.0 Å². The van der Waals surface area contributed by atoms with E-state index in [0.717, 1.165) is 19.1 Å². The summed E-state index contributed by atoms with van der Waals surface area (Å²) in [5, 5.41) is 11.6. The van der Waals surface area contributed by atoms with Crippen LogP contribution in [0.25, 0.3) is 0 Å². The first-order chi connectivity index (χ1) is 10.0. The fourth-order valence-electron chi connectivity index (χ4n) is 1.93. The quantitative estimate of drug-likeness (QED) is 0.779. The van der Waals surface area contributed by atoms with Gasteiger partial charge in [-0.1, -0.05) is 0 Å². The lowest BCUT2D eigenvalue weighted by atomic mass is 10.1. The fraction of sp³-hybridized carbons (Fsp3) is 0.533. The summed E-state index contributed by atoms with van der Waals surface area (Å²) >= 11 is 0. The molecule has 0 unspecified atom stereocenters. The van der Waals surface area contributed by atoms with E-state index in [-0.39, 0.29) is 5.56 Å². The summed E-state index contributed by atoms with van der Waals surface area (Å²) in [5.74, 6) is 0.714. The van der Waals surface area contributed by atoms with Crippen molar-refractivity contribution >= 4 is 5.69 Å². The molecular formula is C15H17F3N2O. The lowest BCUT2D eigenvalue weighted by Gasteiger charge is -2.12. The van der Waals surface area contributed by atoms with Crippen LogP contribution in [-0.2, 0) is 10.9 Å². The smallest absolute Gasteiger partial charge is 0.385 e. The van der Waals surface area contributed by atoms with Crippen molar-refractivity contribution in [2.75, 3.05) is 25.1 Å². The van der Waals surface area contributed by atoms with Crippen LogP contribution in [0.2, 0.25) is 0 Å². The summed E-state index contributed by atoms with van der Waals surface area (Å²) in [6.45, 7) is 1.93. The minimum Gasteiger partial charge on any atom is -0.385 e. The average molecular weight is 298 g/mol. The molecule has 1 N–H and O–H groups in total. The molecule has 0 spiro atoms. The molecule has 6 heteroatoms. The molecule has 1 saturated carbocycles. The first-order valence-corrected chi connectivity index (χ1v) is 6.93. The number of benzene rings is 1. The number of rotatable bonds is 7. The molecule has 3 nitrogen and oxygen atoms in total. The van der Waals surface area contributed by atoms with E-state index in [0.29, 0.717) is 24.8 Å². The molecule has 1 aromatic carbocycles. The molecule has 21 heavy (non-hydrogen) atoms. The number of hydrogen-bond donors (Lipinski definition) is 1. The van der Waals surface area contributed by atoms with Crippen molar-refractivity contribution in [3.05, 3.63) is 29.3 Å². The Hall–Kier alpha value is -1.74. The van der Waals surface area contributed by atoms with Gasteiger partial charge in [0.1, 0.15) is 0 Å². The predicted molar refractivity (Wildman–Crippen MR) is 72.8 cm³/mol. The zero-order valence-electron chi connectivity index (χ0n) is 11.5. The molecule has 0 saturated heterocycles. The molecule has 0 aliphatic heterocycles. The van der Waals surface area contributed by atoms with Gasteiger partial charge in [-0.2, -0.15) is 18.4 Å². The van der Waals surface area contributed by atoms with Gasteiger partial charge in [-0.15, -0.1) is 0 Å². The van der Waals surface area contributed by atoms with E-state index in [2.05, 4.69) is 5.32 Å². The molecule has 1 aromatic rings. The lowest BCUT2D eigenvalue weighted by Crippen LogP contribution is -2.10. The first-order valence-electron chi connectivity index (χ1n) is 6.93. The Kier molecular flexibility index (Phi) is 5.07. The number of alkyl halides is 3. The van der Waals surface area contributed by atoms with E-state index in [1.165, 1.54) is 25.0 Å². The average Bonchev–Trinajstić information content (AvgIpc) is 3.25. The third-order valence-corrected chi connectivity index (χ3v) is 3.29. The van der Waals surface area contributed by atoms with Gasteiger partial charge in [0.05, 0.1) is 17.2 Å². The molecule has 0 bridgehead atoms. The van der Waals surface area contributed by atoms with Crippen LogP contribution in [0.5, 0.6) is 0 Å². The first kappa shape index (κ1) is 15.6. The highest BCUT2D eigenvalue weighted by Crippen LogP contribution is 2.33. The van der Waals surface area contributed by atoms with Gasteiger partial charge < -0.3 is 10.1 Å². The lowest BCUT2D eigenvalue weighted by molar-refractivity contribution is -0.137. The van der Waals surface area contributed by atoms with Gasteiger partial charge in [-0.25, -0.2) is 0 Å². The Labute approximate surface area is 121 Å². The SMILES string of the molecule is N#Cc1ccc(NCCCOCC2CC2)cc1C(F)(F)F. The second-order valence-electron chi connectivity index (χ2n) is 5.17. The Bertz CT molecular complexity index is 519. The van der Waals surface area contributed by atoms with Crippen LogP contribution in [-0.4, -0.2) is 19.8 Å². The molecule has 1 fully saturated rings. The highest BCUT2D eigenvalue weighted by atomic mass is 19.4. The summed E-state index contributed by atoms with van der Waals surface area (Å²) in [7, 11) is 0. The number of anilines is 1. The van der Waals surface area contributed by atoms with Crippen molar-refractivity contribution in [1.82, 2.24) is 0 Å². The van der Waals surface area contributed by atoms with E-state index >= 15 is 0 Å². The van der Waals surface area contributed by atoms with Crippen LogP contribution in [0.3, 0.4) is 0 Å². The number of ether oxygens (including phenoxy) is 1. The summed E-state index contributed by atoms with van der Waals surface area (Å²) < 4.78 is 43.8. The van der Waals surface area contributed by atoms with E-state index in [1.54, 1.807) is 6.07 Å². The normalized spacial score (nSPS) is 14.8. The minimum absolute atomic E-state index is 0.360. The molecular weight excluding hydrogens is 281 g/mol. The van der Waals surface area contributed by atoms with Crippen LogP contribution in [0.4, 0.5) is 18.9 Å². The summed E-state index contributed by atoms with van der Waals surface area (Å²) in [5.41, 5.74) is -0.899. The molecule has 0 aromatic heterocycles. The molecule has 114 valence electrons. The van der Waals surface area contributed by atoms with Gasteiger partial charge in [0.2, 0.25) is 0 Å². The van der Waals surface area contributed by atoms with Crippen LogP contribution < -0.4 is 5.32 Å². The van der Waals surface area contributed by atoms with Gasteiger partial charge in [-0.05, 0) is 43.4 Å². The van der Waals surface area contributed by atoms with Gasteiger partial charge in [-0.3, -0.25) is 0 Å². The monoisotopic (exact) mass is 298 g/mol. The van der Waals surface area contributed by atoms with Crippen LogP contribution in [0.15, 0.2) is 18.2 Å². The van der Waals surface area contributed by atoms with Crippen LogP contribution >= 0.6 is 0 Å². The summed E-state index contributed by atoms with van der Waals surface area (Å²) in [6.07, 6.45) is -1.31. The largest absolute Gasteiger partial charge is 0.417 e. The second-order valence-corrected chi connectivity index (χ2v) is 5.17. The van der Waals surface area contributed by atoms with Gasteiger partial charge >= 0.3 is 6.18 Å². The molecule has 0 amide bonds. The van der Waals surface area contributed by atoms with E-state index in [4.69, 9.17) is 10.00 Å². The number of hydrogen-bond acceptors (Lipinski definition) is 3. The third kappa shape index (κ3) is 4.94. The van der Waals surface area contributed by atoms with E-state index < -0.39 is 11.7 Å². The van der Waals surface area contributed by atoms with Crippen LogP contribution in [0.1, 0.15) is 30.4 Å². The van der Waals surface area contributed by atoms with Crippen LogP contribution in [0, 0.1) is 17.2 Å². The Balaban J connectivity index is 1.81. The minimum atomic E-state index is -4.52. The van der Waals surface area contributed by atoms with Crippen molar-refractivity contribution < 1.29 is 17.9 Å². The third-order valence-electron chi connectivity index (χ3n) is 3.29. The number of nitrogens with one attached hydrogen (secondary N) is 1.